The Balaban J connectivity index is 1.80. The predicted molar refractivity (Wildman–Crippen MR) is 125 cm³/mol. The van der Waals surface area contributed by atoms with Crippen LogP contribution in [0.4, 0.5) is 28.4 Å². The van der Waals surface area contributed by atoms with Gasteiger partial charge in [0.2, 0.25) is 10.0 Å². The number of nitro groups is 1. The van der Waals surface area contributed by atoms with Gasteiger partial charge >= 0.3 is 0 Å². The first-order valence-corrected chi connectivity index (χ1v) is 11.4. The monoisotopic (exact) mass is 454 g/mol. The topological polar surface area (TPSA) is 130 Å². The zero-order valence-electron chi connectivity index (χ0n) is 17.5. The molecule has 0 atom stereocenters. The van der Waals surface area contributed by atoms with E-state index in [0.29, 0.717) is 22.6 Å². The molecule has 0 bridgehead atoms. The molecule has 0 aliphatic rings. The van der Waals surface area contributed by atoms with Crippen molar-refractivity contribution in [2.24, 2.45) is 0 Å². The Hall–Kier alpha value is -3.92. The van der Waals surface area contributed by atoms with E-state index in [1.54, 1.807) is 49.4 Å². The Kier molecular flexibility index (Phi) is 6.74. The first kappa shape index (κ1) is 22.8. The van der Waals surface area contributed by atoms with Crippen molar-refractivity contribution >= 4 is 44.4 Å². The molecule has 3 rings (SSSR count). The molecule has 10 heteroatoms. The van der Waals surface area contributed by atoms with E-state index in [0.717, 1.165) is 0 Å². The van der Waals surface area contributed by atoms with Crippen molar-refractivity contribution in [2.75, 3.05) is 21.1 Å². The predicted octanol–water partition coefficient (Wildman–Crippen LogP) is 4.66. The third-order valence-corrected chi connectivity index (χ3v) is 5.93. The number of para-hydroxylation sites is 1. The highest BCUT2D eigenvalue weighted by Crippen LogP contribution is 2.29. The maximum absolute atomic E-state index is 12.7. The lowest BCUT2D eigenvalue weighted by atomic mass is 10.1. The number of carbonyl (C=O) groups is 1. The molecule has 0 radical (unpaired) electrons. The van der Waals surface area contributed by atoms with Crippen LogP contribution in [0.2, 0.25) is 0 Å². The molecule has 3 N–H and O–H groups in total. The molecule has 166 valence electrons. The molecular weight excluding hydrogens is 432 g/mol. The number of amides is 1. The summed E-state index contributed by atoms with van der Waals surface area (Å²) in [5.41, 5.74) is 2.29. The highest BCUT2D eigenvalue weighted by molar-refractivity contribution is 7.92. The second-order valence-corrected chi connectivity index (χ2v) is 8.98. The minimum Gasteiger partial charge on any atom is -0.350 e. The number of nitrogens with zero attached hydrogens (tertiary/aromatic N) is 1. The smallest absolute Gasteiger partial charge is 0.293 e. The van der Waals surface area contributed by atoms with Crippen LogP contribution >= 0.6 is 0 Å². The van der Waals surface area contributed by atoms with E-state index < -0.39 is 20.9 Å². The molecule has 0 unspecified atom stereocenters. The summed E-state index contributed by atoms with van der Waals surface area (Å²) in [5.74, 6) is -0.584. The standard InChI is InChI=1S/C22H22N4O5S/c1-3-32(30,31)25-19-12-10-18(13-15(19)2)24-22(27)16-9-11-20(21(14-16)26(28)29)23-17-7-5-4-6-8-17/h4-14,23,25H,3H2,1-2H3,(H,24,27). The number of anilines is 4. The van der Waals surface area contributed by atoms with Gasteiger partial charge in [0.15, 0.2) is 0 Å². The fourth-order valence-electron chi connectivity index (χ4n) is 2.91. The average Bonchev–Trinajstić information content (AvgIpc) is 2.76. The van der Waals surface area contributed by atoms with Crippen molar-refractivity contribution in [2.45, 2.75) is 13.8 Å². The minimum absolute atomic E-state index is 0.0567. The fraction of sp³-hybridized carbons (Fsp3) is 0.136. The van der Waals surface area contributed by atoms with E-state index >= 15 is 0 Å². The molecule has 3 aromatic rings. The summed E-state index contributed by atoms with van der Waals surface area (Å²) >= 11 is 0. The summed E-state index contributed by atoms with van der Waals surface area (Å²) in [7, 11) is -3.42. The van der Waals surface area contributed by atoms with Gasteiger partial charge in [0, 0.05) is 23.0 Å². The van der Waals surface area contributed by atoms with E-state index in [1.807, 2.05) is 6.07 Å². The summed E-state index contributed by atoms with van der Waals surface area (Å²) in [6.45, 7) is 3.24. The van der Waals surface area contributed by atoms with Gasteiger partial charge in [0.05, 0.1) is 16.4 Å². The number of nitro benzene ring substituents is 1. The lowest BCUT2D eigenvalue weighted by Gasteiger charge is -2.12. The maximum atomic E-state index is 12.7. The van der Waals surface area contributed by atoms with E-state index in [2.05, 4.69) is 15.4 Å². The Morgan fingerprint density at radius 1 is 0.969 bits per heavy atom. The number of hydrogen-bond acceptors (Lipinski definition) is 6. The van der Waals surface area contributed by atoms with Crippen LogP contribution in [0, 0.1) is 17.0 Å². The summed E-state index contributed by atoms with van der Waals surface area (Å²) in [4.78, 5) is 23.7. The van der Waals surface area contributed by atoms with E-state index in [4.69, 9.17) is 0 Å². The largest absolute Gasteiger partial charge is 0.350 e. The van der Waals surface area contributed by atoms with Crippen LogP contribution in [0.3, 0.4) is 0 Å². The first-order chi connectivity index (χ1) is 15.2. The summed E-state index contributed by atoms with van der Waals surface area (Å²) in [6.07, 6.45) is 0. The molecule has 3 aromatic carbocycles. The normalized spacial score (nSPS) is 10.9. The van der Waals surface area contributed by atoms with E-state index in [-0.39, 0.29) is 22.7 Å². The SMILES string of the molecule is CCS(=O)(=O)Nc1ccc(NC(=O)c2ccc(Nc3ccccc3)c([N+](=O)[O-])c2)cc1C. The first-order valence-electron chi connectivity index (χ1n) is 9.71. The lowest BCUT2D eigenvalue weighted by molar-refractivity contribution is -0.383. The van der Waals surface area contributed by atoms with Crippen molar-refractivity contribution in [3.05, 3.63) is 88.0 Å². The molecule has 0 fully saturated rings. The van der Waals surface area contributed by atoms with Crippen LogP contribution < -0.4 is 15.4 Å². The Morgan fingerprint density at radius 3 is 2.28 bits per heavy atom. The second-order valence-electron chi connectivity index (χ2n) is 6.97. The summed E-state index contributed by atoms with van der Waals surface area (Å²) in [6, 6.07) is 17.9. The molecule has 1 amide bonds. The number of nitrogens with one attached hydrogen (secondary N) is 3. The van der Waals surface area contributed by atoms with Crippen molar-refractivity contribution < 1.29 is 18.1 Å². The van der Waals surface area contributed by atoms with Gasteiger partial charge in [0.25, 0.3) is 11.6 Å². The van der Waals surface area contributed by atoms with Gasteiger partial charge in [-0.25, -0.2) is 8.42 Å². The molecule has 0 saturated carbocycles. The van der Waals surface area contributed by atoms with Crippen LogP contribution in [-0.4, -0.2) is 25.0 Å². The lowest BCUT2D eigenvalue weighted by Crippen LogP contribution is -2.16. The zero-order valence-corrected chi connectivity index (χ0v) is 18.3. The number of benzene rings is 3. The molecule has 0 spiro atoms. The zero-order chi connectivity index (χ0) is 23.3. The second kappa shape index (κ2) is 9.48. The van der Waals surface area contributed by atoms with Crippen molar-refractivity contribution in [3.63, 3.8) is 0 Å². The molecule has 32 heavy (non-hydrogen) atoms. The Labute approximate surface area is 185 Å². The Bertz CT molecular complexity index is 1260. The van der Waals surface area contributed by atoms with Crippen LogP contribution in [0.5, 0.6) is 0 Å². The third-order valence-electron chi connectivity index (χ3n) is 4.64. The number of aryl methyl sites for hydroxylation is 1. The third kappa shape index (κ3) is 5.61. The maximum Gasteiger partial charge on any atom is 0.293 e. The van der Waals surface area contributed by atoms with E-state index in [9.17, 15) is 23.3 Å². The number of hydrogen-bond donors (Lipinski definition) is 3. The van der Waals surface area contributed by atoms with Crippen molar-refractivity contribution in [1.29, 1.82) is 0 Å². The summed E-state index contributed by atoms with van der Waals surface area (Å²) in [5, 5.41) is 17.2. The van der Waals surface area contributed by atoms with Crippen molar-refractivity contribution in [1.82, 2.24) is 0 Å². The van der Waals surface area contributed by atoms with Crippen LogP contribution in [0.1, 0.15) is 22.8 Å². The van der Waals surface area contributed by atoms with Gasteiger partial charge in [-0.1, -0.05) is 18.2 Å². The van der Waals surface area contributed by atoms with Gasteiger partial charge in [-0.3, -0.25) is 19.6 Å². The van der Waals surface area contributed by atoms with Crippen LogP contribution in [0.15, 0.2) is 66.7 Å². The number of rotatable bonds is 8. The molecule has 0 saturated heterocycles. The molecule has 0 aliphatic heterocycles. The minimum atomic E-state index is -3.42. The van der Waals surface area contributed by atoms with Gasteiger partial charge < -0.3 is 10.6 Å². The molecule has 0 aliphatic carbocycles. The molecule has 0 aromatic heterocycles. The molecular formula is C22H22N4O5S. The van der Waals surface area contributed by atoms with Crippen molar-refractivity contribution in [3.8, 4) is 0 Å². The summed E-state index contributed by atoms with van der Waals surface area (Å²) < 4.78 is 26.0. The highest BCUT2D eigenvalue weighted by Gasteiger charge is 2.18. The van der Waals surface area contributed by atoms with Crippen LogP contribution in [0.25, 0.3) is 0 Å². The van der Waals surface area contributed by atoms with Crippen LogP contribution in [-0.2, 0) is 10.0 Å². The van der Waals surface area contributed by atoms with Gasteiger partial charge in [-0.2, -0.15) is 0 Å². The van der Waals surface area contributed by atoms with Gasteiger partial charge in [0.1, 0.15) is 5.69 Å². The molecule has 9 nitrogen and oxygen atoms in total. The van der Waals surface area contributed by atoms with E-state index in [1.165, 1.54) is 25.1 Å². The fourth-order valence-corrected chi connectivity index (χ4v) is 3.61. The Morgan fingerprint density at radius 2 is 1.66 bits per heavy atom. The number of carbonyl (C=O) groups excluding carboxylic acids is 1. The average molecular weight is 455 g/mol. The quantitative estimate of drug-likeness (QED) is 0.335. The van der Waals surface area contributed by atoms with Gasteiger partial charge in [-0.05, 0) is 61.9 Å². The van der Waals surface area contributed by atoms with Gasteiger partial charge in [-0.15, -0.1) is 0 Å². The molecule has 0 heterocycles. The highest BCUT2D eigenvalue weighted by atomic mass is 32.2. The number of sulfonamides is 1.